The SMILES string of the molecule is COc1ccc(C(O)C2CCCCCC2)nn1. The van der Waals surface area contributed by atoms with Gasteiger partial charge in [0.05, 0.1) is 12.8 Å². The highest BCUT2D eigenvalue weighted by molar-refractivity contribution is 5.13. The third kappa shape index (κ3) is 3.16. The number of ether oxygens (including phenoxy) is 1. The van der Waals surface area contributed by atoms with E-state index >= 15 is 0 Å². The zero-order chi connectivity index (χ0) is 12.1. The number of hydrogen-bond acceptors (Lipinski definition) is 4. The van der Waals surface area contributed by atoms with Gasteiger partial charge in [0.15, 0.2) is 0 Å². The molecule has 1 aliphatic rings. The zero-order valence-electron chi connectivity index (χ0n) is 10.3. The van der Waals surface area contributed by atoms with Crippen molar-refractivity contribution in [3.05, 3.63) is 17.8 Å². The zero-order valence-corrected chi connectivity index (χ0v) is 10.3. The maximum Gasteiger partial charge on any atom is 0.233 e. The molecule has 1 saturated carbocycles. The minimum atomic E-state index is -0.480. The van der Waals surface area contributed by atoms with Crippen LogP contribution in [-0.4, -0.2) is 22.4 Å². The van der Waals surface area contributed by atoms with Crippen LogP contribution in [0.3, 0.4) is 0 Å². The van der Waals surface area contributed by atoms with Crippen molar-refractivity contribution in [3.63, 3.8) is 0 Å². The van der Waals surface area contributed by atoms with Gasteiger partial charge < -0.3 is 9.84 Å². The number of aliphatic hydroxyl groups is 1. The van der Waals surface area contributed by atoms with E-state index in [0.717, 1.165) is 12.8 Å². The van der Waals surface area contributed by atoms with E-state index in [2.05, 4.69) is 10.2 Å². The van der Waals surface area contributed by atoms with Crippen LogP contribution in [0, 0.1) is 5.92 Å². The maximum absolute atomic E-state index is 10.3. The molecule has 0 radical (unpaired) electrons. The van der Waals surface area contributed by atoms with E-state index < -0.39 is 6.10 Å². The Bertz CT molecular complexity index is 332. The molecular formula is C13H20N2O2. The molecule has 1 N–H and O–H groups in total. The van der Waals surface area contributed by atoms with Crippen LogP contribution in [0.1, 0.15) is 50.3 Å². The number of hydrogen-bond donors (Lipinski definition) is 1. The summed E-state index contributed by atoms with van der Waals surface area (Å²) in [4.78, 5) is 0. The molecular weight excluding hydrogens is 216 g/mol. The Hall–Kier alpha value is -1.16. The van der Waals surface area contributed by atoms with E-state index in [4.69, 9.17) is 4.74 Å². The van der Waals surface area contributed by atoms with Gasteiger partial charge in [0.2, 0.25) is 5.88 Å². The molecule has 1 atom stereocenters. The molecule has 1 aliphatic carbocycles. The Balaban J connectivity index is 2.03. The highest BCUT2D eigenvalue weighted by Gasteiger charge is 2.23. The van der Waals surface area contributed by atoms with Crippen LogP contribution in [0.4, 0.5) is 0 Å². The summed E-state index contributed by atoms with van der Waals surface area (Å²) in [6.45, 7) is 0. The Kier molecular flexibility index (Phi) is 4.31. The third-order valence-electron chi connectivity index (χ3n) is 3.52. The van der Waals surface area contributed by atoms with Gasteiger partial charge in [-0.15, -0.1) is 10.2 Å². The Morgan fingerprint density at radius 1 is 1.18 bits per heavy atom. The summed E-state index contributed by atoms with van der Waals surface area (Å²) in [7, 11) is 1.56. The molecule has 94 valence electrons. The fourth-order valence-electron chi connectivity index (χ4n) is 2.47. The first-order valence-electron chi connectivity index (χ1n) is 6.37. The number of methoxy groups -OCH3 is 1. The van der Waals surface area contributed by atoms with Crippen molar-refractivity contribution in [2.45, 2.75) is 44.6 Å². The molecule has 17 heavy (non-hydrogen) atoms. The lowest BCUT2D eigenvalue weighted by atomic mass is 9.92. The molecule has 1 fully saturated rings. The van der Waals surface area contributed by atoms with Gasteiger partial charge in [-0.05, 0) is 24.8 Å². The molecule has 0 bridgehead atoms. The molecule has 1 aromatic rings. The summed E-state index contributed by atoms with van der Waals surface area (Å²) in [5.41, 5.74) is 0.665. The summed E-state index contributed by atoms with van der Waals surface area (Å²) < 4.78 is 4.96. The molecule has 1 unspecified atom stereocenters. The highest BCUT2D eigenvalue weighted by atomic mass is 16.5. The molecule has 1 aromatic heterocycles. The van der Waals surface area contributed by atoms with Gasteiger partial charge in [-0.25, -0.2) is 0 Å². The lowest BCUT2D eigenvalue weighted by Crippen LogP contribution is -2.14. The van der Waals surface area contributed by atoms with Crippen molar-refractivity contribution in [3.8, 4) is 5.88 Å². The molecule has 1 heterocycles. The van der Waals surface area contributed by atoms with Crippen LogP contribution in [0.25, 0.3) is 0 Å². The second kappa shape index (κ2) is 5.96. The number of aliphatic hydroxyl groups excluding tert-OH is 1. The Morgan fingerprint density at radius 3 is 2.41 bits per heavy atom. The van der Waals surface area contributed by atoms with Crippen LogP contribution in [0.5, 0.6) is 5.88 Å². The largest absolute Gasteiger partial charge is 0.480 e. The predicted molar refractivity (Wildman–Crippen MR) is 64.7 cm³/mol. The van der Waals surface area contributed by atoms with Crippen molar-refractivity contribution in [2.75, 3.05) is 7.11 Å². The molecule has 0 aliphatic heterocycles. The van der Waals surface area contributed by atoms with Gasteiger partial charge in [0.25, 0.3) is 0 Å². The van der Waals surface area contributed by atoms with Crippen LogP contribution >= 0.6 is 0 Å². The average molecular weight is 236 g/mol. The summed E-state index contributed by atoms with van der Waals surface area (Å²) in [5, 5.41) is 18.2. The van der Waals surface area contributed by atoms with Gasteiger partial charge in [-0.3, -0.25) is 0 Å². The molecule has 0 spiro atoms. The lowest BCUT2D eigenvalue weighted by Gasteiger charge is -2.20. The fraction of sp³-hybridized carbons (Fsp3) is 0.692. The van der Waals surface area contributed by atoms with Crippen LogP contribution in [-0.2, 0) is 0 Å². The minimum absolute atomic E-state index is 0.334. The molecule has 0 aromatic carbocycles. The minimum Gasteiger partial charge on any atom is -0.480 e. The van der Waals surface area contributed by atoms with Crippen LogP contribution in [0.15, 0.2) is 12.1 Å². The first-order chi connectivity index (χ1) is 8.31. The molecule has 0 saturated heterocycles. The number of rotatable bonds is 3. The van der Waals surface area contributed by atoms with Crippen LogP contribution in [0.2, 0.25) is 0 Å². The van der Waals surface area contributed by atoms with Crippen molar-refractivity contribution < 1.29 is 9.84 Å². The number of aromatic nitrogens is 2. The first kappa shape index (κ1) is 12.3. The van der Waals surface area contributed by atoms with Crippen molar-refractivity contribution >= 4 is 0 Å². The second-order valence-electron chi connectivity index (χ2n) is 4.70. The third-order valence-corrected chi connectivity index (χ3v) is 3.52. The average Bonchev–Trinajstić information content (AvgIpc) is 2.67. The van der Waals surface area contributed by atoms with Gasteiger partial charge in [0.1, 0.15) is 6.10 Å². The number of nitrogens with zero attached hydrogens (tertiary/aromatic N) is 2. The smallest absolute Gasteiger partial charge is 0.233 e. The quantitative estimate of drug-likeness (QED) is 0.819. The maximum atomic E-state index is 10.3. The first-order valence-corrected chi connectivity index (χ1v) is 6.37. The van der Waals surface area contributed by atoms with E-state index in [-0.39, 0.29) is 0 Å². The van der Waals surface area contributed by atoms with E-state index in [1.165, 1.54) is 25.7 Å². The predicted octanol–water partition coefficient (Wildman–Crippen LogP) is 2.49. The summed E-state index contributed by atoms with van der Waals surface area (Å²) in [6, 6.07) is 3.56. The monoisotopic (exact) mass is 236 g/mol. The summed E-state index contributed by atoms with van der Waals surface area (Å²) in [5.74, 6) is 0.821. The standard InChI is InChI=1S/C13H20N2O2/c1-17-12-9-8-11(14-15-12)13(16)10-6-4-2-3-5-7-10/h8-10,13,16H,2-7H2,1H3. The van der Waals surface area contributed by atoms with Gasteiger partial charge >= 0.3 is 0 Å². The molecule has 4 nitrogen and oxygen atoms in total. The summed E-state index contributed by atoms with van der Waals surface area (Å²) in [6.07, 6.45) is 6.71. The van der Waals surface area contributed by atoms with E-state index in [1.54, 1.807) is 19.2 Å². The van der Waals surface area contributed by atoms with E-state index in [1.807, 2.05) is 0 Å². The van der Waals surface area contributed by atoms with Gasteiger partial charge in [-0.2, -0.15) is 0 Å². The van der Waals surface area contributed by atoms with Crippen LogP contribution < -0.4 is 4.74 Å². The van der Waals surface area contributed by atoms with E-state index in [0.29, 0.717) is 17.5 Å². The van der Waals surface area contributed by atoms with Crippen molar-refractivity contribution in [2.24, 2.45) is 5.92 Å². The topological polar surface area (TPSA) is 55.2 Å². The fourth-order valence-corrected chi connectivity index (χ4v) is 2.47. The van der Waals surface area contributed by atoms with E-state index in [9.17, 15) is 5.11 Å². The molecule has 0 amide bonds. The van der Waals surface area contributed by atoms with Gasteiger partial charge in [-0.1, -0.05) is 25.7 Å². The normalized spacial score (nSPS) is 19.6. The van der Waals surface area contributed by atoms with Gasteiger partial charge in [0, 0.05) is 6.07 Å². The van der Waals surface area contributed by atoms with Crippen molar-refractivity contribution in [1.29, 1.82) is 0 Å². The Labute approximate surface area is 102 Å². The molecule has 2 rings (SSSR count). The second-order valence-corrected chi connectivity index (χ2v) is 4.70. The highest BCUT2D eigenvalue weighted by Crippen LogP contribution is 2.32. The molecule has 4 heteroatoms. The summed E-state index contributed by atoms with van der Waals surface area (Å²) >= 11 is 0. The lowest BCUT2D eigenvalue weighted by molar-refractivity contribution is 0.0937. The van der Waals surface area contributed by atoms with Crippen molar-refractivity contribution in [1.82, 2.24) is 10.2 Å². The Morgan fingerprint density at radius 2 is 1.88 bits per heavy atom.